The number of hydrogen-bond donors (Lipinski definition) is 1. The largest absolute Gasteiger partial charge is 0.399 e. The normalized spacial score (nSPS) is 10.6. The predicted molar refractivity (Wildman–Crippen MR) is 74.0 cm³/mol. The third kappa shape index (κ3) is 3.47. The van der Waals surface area contributed by atoms with Crippen LogP contribution in [-0.4, -0.2) is 0 Å². The highest BCUT2D eigenvalue weighted by atomic mass is 35.5. The average molecular weight is 263 g/mol. The van der Waals surface area contributed by atoms with Crippen LogP contribution in [0.2, 0.25) is 5.02 Å². The second-order valence-corrected chi connectivity index (χ2v) is 4.59. The summed E-state index contributed by atoms with van der Waals surface area (Å²) >= 11 is 5.63. The van der Waals surface area contributed by atoms with E-state index >= 15 is 0 Å². The van der Waals surface area contributed by atoms with Crippen LogP contribution < -0.4 is 5.73 Å². The number of halogens is 2. The van der Waals surface area contributed by atoms with Crippen LogP contribution in [0, 0.1) is 12.2 Å². The number of nitrogen functional groups attached to an aromatic ring is 1. The van der Waals surface area contributed by atoms with Crippen molar-refractivity contribution in [3.63, 3.8) is 0 Å². The molecule has 93 valence electrons. The van der Waals surface area contributed by atoms with E-state index in [1.54, 1.807) is 6.07 Å². The standard InChI is InChI=1S/C15H14ClFN/c16-14-9-6-12(10-15(14)17)3-1-2-11-4-7-13(18)8-5-11/h1,4-10H,2-3,18H2. The Bertz CT molecular complexity index is 523. The molecule has 0 atom stereocenters. The molecule has 0 aliphatic rings. The fraction of sp³-hybridized carbons (Fsp3) is 0.133. The number of benzene rings is 2. The highest BCUT2D eigenvalue weighted by molar-refractivity contribution is 6.30. The van der Waals surface area contributed by atoms with E-state index < -0.39 is 0 Å². The van der Waals surface area contributed by atoms with Crippen LogP contribution in [0.5, 0.6) is 0 Å². The molecule has 2 aromatic rings. The van der Waals surface area contributed by atoms with Crippen LogP contribution in [0.15, 0.2) is 42.5 Å². The van der Waals surface area contributed by atoms with Crippen LogP contribution in [0.1, 0.15) is 11.1 Å². The van der Waals surface area contributed by atoms with E-state index in [0.29, 0.717) is 0 Å². The van der Waals surface area contributed by atoms with E-state index in [-0.39, 0.29) is 10.8 Å². The Morgan fingerprint density at radius 2 is 1.61 bits per heavy atom. The minimum atomic E-state index is -0.366. The Kier molecular flexibility index (Phi) is 4.21. The predicted octanol–water partition coefficient (Wildman–Crippen LogP) is 4.05. The maximum atomic E-state index is 13.2. The van der Waals surface area contributed by atoms with E-state index in [0.717, 1.165) is 24.1 Å². The number of hydrogen-bond acceptors (Lipinski definition) is 1. The Morgan fingerprint density at radius 1 is 1.00 bits per heavy atom. The molecule has 0 spiro atoms. The molecule has 0 fully saturated rings. The first-order chi connectivity index (χ1) is 8.65. The lowest BCUT2D eigenvalue weighted by atomic mass is 10.0. The summed E-state index contributed by atoms with van der Waals surface area (Å²) in [7, 11) is 0. The summed E-state index contributed by atoms with van der Waals surface area (Å²) in [6, 6.07) is 12.6. The van der Waals surface area contributed by atoms with Gasteiger partial charge in [0.2, 0.25) is 0 Å². The second-order valence-electron chi connectivity index (χ2n) is 4.19. The van der Waals surface area contributed by atoms with Crippen molar-refractivity contribution >= 4 is 17.3 Å². The van der Waals surface area contributed by atoms with Crippen molar-refractivity contribution in [2.45, 2.75) is 12.8 Å². The van der Waals surface area contributed by atoms with Gasteiger partial charge in [-0.15, -0.1) is 0 Å². The summed E-state index contributed by atoms with van der Waals surface area (Å²) in [6.07, 6.45) is 3.66. The monoisotopic (exact) mass is 262 g/mol. The zero-order valence-corrected chi connectivity index (χ0v) is 10.6. The molecule has 0 saturated heterocycles. The SMILES string of the molecule is Nc1ccc(C[CH]Cc2ccc(Cl)c(F)c2)cc1. The molecule has 2 rings (SSSR count). The van der Waals surface area contributed by atoms with Crippen LogP contribution in [0.25, 0.3) is 0 Å². The van der Waals surface area contributed by atoms with Crippen molar-refractivity contribution in [3.05, 3.63) is 70.9 Å². The van der Waals surface area contributed by atoms with E-state index in [4.69, 9.17) is 17.3 Å². The Labute approximate surface area is 111 Å². The van der Waals surface area contributed by atoms with Crippen LogP contribution in [-0.2, 0) is 12.8 Å². The van der Waals surface area contributed by atoms with Crippen LogP contribution in [0.4, 0.5) is 10.1 Å². The van der Waals surface area contributed by atoms with Crippen molar-refractivity contribution in [3.8, 4) is 0 Å². The molecular weight excluding hydrogens is 249 g/mol. The minimum Gasteiger partial charge on any atom is -0.399 e. The summed E-state index contributed by atoms with van der Waals surface area (Å²) in [6.45, 7) is 0. The highest BCUT2D eigenvalue weighted by Gasteiger charge is 2.01. The lowest BCUT2D eigenvalue weighted by Gasteiger charge is -2.03. The van der Waals surface area contributed by atoms with Gasteiger partial charge in [-0.05, 0) is 54.7 Å². The molecule has 2 aromatic carbocycles. The first-order valence-electron chi connectivity index (χ1n) is 5.75. The fourth-order valence-corrected chi connectivity index (χ4v) is 1.84. The molecule has 0 amide bonds. The Morgan fingerprint density at radius 3 is 2.28 bits per heavy atom. The van der Waals surface area contributed by atoms with Crippen molar-refractivity contribution in [2.24, 2.45) is 0 Å². The van der Waals surface area contributed by atoms with Gasteiger partial charge in [-0.3, -0.25) is 0 Å². The molecule has 2 N–H and O–H groups in total. The van der Waals surface area contributed by atoms with Crippen molar-refractivity contribution in [1.82, 2.24) is 0 Å². The van der Waals surface area contributed by atoms with E-state index in [1.165, 1.54) is 11.6 Å². The molecule has 1 radical (unpaired) electrons. The van der Waals surface area contributed by atoms with Gasteiger partial charge < -0.3 is 5.73 Å². The summed E-state index contributed by atoms with van der Waals surface area (Å²) in [5, 5.41) is 0.164. The van der Waals surface area contributed by atoms with Crippen molar-refractivity contribution in [1.29, 1.82) is 0 Å². The summed E-state index contributed by atoms with van der Waals surface area (Å²) in [5.41, 5.74) is 8.49. The molecule has 0 aliphatic carbocycles. The van der Waals surface area contributed by atoms with Gasteiger partial charge in [-0.25, -0.2) is 4.39 Å². The summed E-state index contributed by atoms with van der Waals surface area (Å²) < 4.78 is 13.2. The molecule has 0 aromatic heterocycles. The smallest absolute Gasteiger partial charge is 0.142 e. The third-order valence-electron chi connectivity index (χ3n) is 2.72. The molecule has 0 heterocycles. The molecule has 1 nitrogen and oxygen atoms in total. The number of rotatable bonds is 4. The first kappa shape index (κ1) is 12.9. The zero-order valence-electron chi connectivity index (χ0n) is 9.87. The van der Waals surface area contributed by atoms with Gasteiger partial charge in [0.25, 0.3) is 0 Å². The highest BCUT2D eigenvalue weighted by Crippen LogP contribution is 2.17. The maximum absolute atomic E-state index is 13.2. The van der Waals surface area contributed by atoms with Crippen molar-refractivity contribution in [2.75, 3.05) is 5.73 Å². The lowest BCUT2D eigenvalue weighted by Crippen LogP contribution is -1.93. The van der Waals surface area contributed by atoms with Gasteiger partial charge in [0, 0.05) is 5.69 Å². The van der Waals surface area contributed by atoms with Gasteiger partial charge in [-0.2, -0.15) is 0 Å². The zero-order chi connectivity index (χ0) is 13.0. The Hall–Kier alpha value is -1.54. The topological polar surface area (TPSA) is 26.0 Å². The number of anilines is 1. The Balaban J connectivity index is 1.88. The molecule has 3 heteroatoms. The van der Waals surface area contributed by atoms with Gasteiger partial charge in [0.1, 0.15) is 5.82 Å². The molecule has 18 heavy (non-hydrogen) atoms. The molecule has 0 aliphatic heterocycles. The van der Waals surface area contributed by atoms with Gasteiger partial charge in [-0.1, -0.05) is 29.8 Å². The minimum absolute atomic E-state index is 0.164. The number of nitrogens with two attached hydrogens (primary N) is 1. The van der Waals surface area contributed by atoms with E-state index in [9.17, 15) is 4.39 Å². The summed E-state index contributed by atoms with van der Waals surface area (Å²) in [5.74, 6) is -0.366. The molecule has 0 unspecified atom stereocenters. The van der Waals surface area contributed by atoms with Crippen LogP contribution >= 0.6 is 11.6 Å². The van der Waals surface area contributed by atoms with Gasteiger partial charge in [0.05, 0.1) is 5.02 Å². The average Bonchev–Trinajstić information content (AvgIpc) is 2.36. The first-order valence-corrected chi connectivity index (χ1v) is 6.13. The van der Waals surface area contributed by atoms with E-state index in [1.807, 2.05) is 30.3 Å². The second kappa shape index (κ2) is 5.87. The lowest BCUT2D eigenvalue weighted by molar-refractivity contribution is 0.626. The van der Waals surface area contributed by atoms with Gasteiger partial charge in [0.15, 0.2) is 0 Å². The maximum Gasteiger partial charge on any atom is 0.142 e. The van der Waals surface area contributed by atoms with Crippen molar-refractivity contribution < 1.29 is 4.39 Å². The fourth-order valence-electron chi connectivity index (χ4n) is 1.73. The third-order valence-corrected chi connectivity index (χ3v) is 3.03. The molecule has 0 bridgehead atoms. The van der Waals surface area contributed by atoms with Crippen LogP contribution in [0.3, 0.4) is 0 Å². The van der Waals surface area contributed by atoms with E-state index in [2.05, 4.69) is 6.42 Å². The summed E-state index contributed by atoms with van der Waals surface area (Å²) in [4.78, 5) is 0. The van der Waals surface area contributed by atoms with Gasteiger partial charge >= 0.3 is 0 Å². The quantitative estimate of drug-likeness (QED) is 0.827. The molecular formula is C15H14ClFN. The molecule has 0 saturated carbocycles.